The minimum absolute atomic E-state index is 0.000720. The number of hydrogen-bond donors (Lipinski definition) is 2. The molecule has 0 spiro atoms. The molecule has 0 bridgehead atoms. The Labute approximate surface area is 136 Å². The van der Waals surface area contributed by atoms with E-state index in [0.717, 1.165) is 24.0 Å². The van der Waals surface area contributed by atoms with Crippen molar-refractivity contribution in [2.45, 2.75) is 51.0 Å². The van der Waals surface area contributed by atoms with Gasteiger partial charge in [0.15, 0.2) is 0 Å². The van der Waals surface area contributed by atoms with E-state index in [1.165, 1.54) is 37.0 Å². The van der Waals surface area contributed by atoms with Gasteiger partial charge in [0, 0.05) is 17.5 Å². The first-order valence-electron chi connectivity index (χ1n) is 7.78. The summed E-state index contributed by atoms with van der Waals surface area (Å²) in [5.74, 6) is -0.000720. The van der Waals surface area contributed by atoms with E-state index < -0.39 is 10.0 Å². The van der Waals surface area contributed by atoms with Gasteiger partial charge in [0.05, 0.1) is 11.1 Å². The summed E-state index contributed by atoms with van der Waals surface area (Å²) in [5, 5.41) is 3.13. The van der Waals surface area contributed by atoms with Crippen LogP contribution < -0.4 is 10.0 Å². The second kappa shape index (κ2) is 8.08. The van der Waals surface area contributed by atoms with E-state index in [-0.39, 0.29) is 5.91 Å². The maximum absolute atomic E-state index is 12.3. The number of carbonyl (C=O) groups is 1. The van der Waals surface area contributed by atoms with Crippen molar-refractivity contribution in [2.24, 2.45) is 0 Å². The number of hydrogen-bond acceptors (Lipinski definition) is 4. The van der Waals surface area contributed by atoms with Crippen LogP contribution in [-0.4, -0.2) is 33.2 Å². The lowest BCUT2D eigenvalue weighted by molar-refractivity contribution is 0.0937. The van der Waals surface area contributed by atoms with Gasteiger partial charge in [0.25, 0.3) is 5.91 Å². The van der Waals surface area contributed by atoms with E-state index >= 15 is 0 Å². The Morgan fingerprint density at radius 1 is 1.23 bits per heavy atom. The first-order chi connectivity index (χ1) is 10.4. The normalized spacial score (nSPS) is 17.1. The molecule has 1 aliphatic rings. The van der Waals surface area contributed by atoms with E-state index in [0.29, 0.717) is 23.9 Å². The lowest BCUT2D eigenvalue weighted by Crippen LogP contribution is -2.33. The van der Waals surface area contributed by atoms with Gasteiger partial charge in [0.2, 0.25) is 10.0 Å². The smallest absolute Gasteiger partial charge is 0.261 e. The van der Waals surface area contributed by atoms with Crippen molar-refractivity contribution < 1.29 is 13.2 Å². The first-order valence-corrected chi connectivity index (χ1v) is 10.5. The van der Waals surface area contributed by atoms with Crippen molar-refractivity contribution in [3.8, 4) is 0 Å². The molecule has 1 amide bonds. The van der Waals surface area contributed by atoms with Crippen LogP contribution in [0.2, 0.25) is 0 Å². The molecule has 124 valence electrons. The number of nitrogens with one attached hydrogen (secondary N) is 2. The number of thiophene rings is 1. The van der Waals surface area contributed by atoms with Gasteiger partial charge in [-0.3, -0.25) is 4.79 Å². The fraction of sp³-hybridized carbons (Fsp3) is 0.667. The first kappa shape index (κ1) is 17.4. The van der Waals surface area contributed by atoms with Crippen LogP contribution in [0.25, 0.3) is 0 Å². The van der Waals surface area contributed by atoms with Gasteiger partial charge < -0.3 is 5.32 Å². The topological polar surface area (TPSA) is 75.3 Å². The zero-order valence-electron chi connectivity index (χ0n) is 12.9. The molecule has 22 heavy (non-hydrogen) atoms. The van der Waals surface area contributed by atoms with E-state index in [4.69, 9.17) is 0 Å². The Bertz CT molecular complexity index is 588. The molecule has 1 aromatic heterocycles. The van der Waals surface area contributed by atoms with Crippen LogP contribution in [-0.2, 0) is 16.4 Å². The van der Waals surface area contributed by atoms with E-state index in [2.05, 4.69) is 10.0 Å². The molecule has 2 rings (SSSR count). The lowest BCUT2D eigenvalue weighted by atomic mass is 10.1. The molecule has 1 heterocycles. The lowest BCUT2D eigenvalue weighted by Gasteiger charge is -2.15. The van der Waals surface area contributed by atoms with Gasteiger partial charge in [0.1, 0.15) is 0 Å². The summed E-state index contributed by atoms with van der Waals surface area (Å²) in [6.45, 7) is 0.364. The van der Waals surface area contributed by atoms with Gasteiger partial charge in [-0.1, -0.05) is 25.7 Å². The molecule has 1 saturated carbocycles. The van der Waals surface area contributed by atoms with Crippen LogP contribution in [0.15, 0.2) is 12.1 Å². The molecule has 0 aliphatic heterocycles. The minimum atomic E-state index is -3.15. The Balaban J connectivity index is 1.83. The molecule has 1 fully saturated rings. The van der Waals surface area contributed by atoms with Gasteiger partial charge in [-0.25, -0.2) is 13.1 Å². The van der Waals surface area contributed by atoms with Crippen LogP contribution in [0.4, 0.5) is 0 Å². The standard InChI is InChI=1S/C15H24N2O3S2/c1-22(19,20)16-11-10-13-8-9-14(21-13)15(18)17-12-6-4-2-3-5-7-12/h8-9,12,16H,2-7,10-11H2,1H3,(H,17,18). The maximum atomic E-state index is 12.3. The Hall–Kier alpha value is -0.920. The summed E-state index contributed by atoms with van der Waals surface area (Å²) in [4.78, 5) is 14.0. The number of rotatable bonds is 6. The van der Waals surface area contributed by atoms with Crippen molar-refractivity contribution in [3.63, 3.8) is 0 Å². The molecule has 0 atom stereocenters. The molecule has 0 unspecified atom stereocenters. The minimum Gasteiger partial charge on any atom is -0.349 e. The number of amides is 1. The average Bonchev–Trinajstić information content (AvgIpc) is 2.75. The molecule has 5 nitrogen and oxygen atoms in total. The van der Waals surface area contributed by atoms with Crippen LogP contribution in [0.5, 0.6) is 0 Å². The van der Waals surface area contributed by atoms with Gasteiger partial charge >= 0.3 is 0 Å². The van der Waals surface area contributed by atoms with Gasteiger partial charge in [-0.05, 0) is 31.4 Å². The van der Waals surface area contributed by atoms with Crippen molar-refractivity contribution in [3.05, 3.63) is 21.9 Å². The molecule has 0 saturated heterocycles. The van der Waals surface area contributed by atoms with Gasteiger partial charge in [-0.15, -0.1) is 11.3 Å². The molecular weight excluding hydrogens is 320 g/mol. The summed E-state index contributed by atoms with van der Waals surface area (Å²) in [6.07, 6.45) is 8.81. The molecule has 0 aromatic carbocycles. The average molecular weight is 345 g/mol. The fourth-order valence-electron chi connectivity index (χ4n) is 2.67. The van der Waals surface area contributed by atoms with E-state index in [9.17, 15) is 13.2 Å². The van der Waals surface area contributed by atoms with Crippen LogP contribution in [0.1, 0.15) is 53.1 Å². The third kappa shape index (κ3) is 6.06. The molecular formula is C15H24N2O3S2. The van der Waals surface area contributed by atoms with E-state index in [1.807, 2.05) is 12.1 Å². The summed E-state index contributed by atoms with van der Waals surface area (Å²) in [7, 11) is -3.15. The van der Waals surface area contributed by atoms with Crippen LogP contribution in [0, 0.1) is 0 Å². The molecule has 2 N–H and O–H groups in total. The van der Waals surface area contributed by atoms with Crippen molar-refractivity contribution in [1.29, 1.82) is 0 Å². The largest absolute Gasteiger partial charge is 0.349 e. The van der Waals surface area contributed by atoms with Crippen LogP contribution in [0.3, 0.4) is 0 Å². The second-order valence-corrected chi connectivity index (χ2v) is 8.85. The van der Waals surface area contributed by atoms with Crippen molar-refractivity contribution >= 4 is 27.3 Å². The third-order valence-corrected chi connectivity index (χ3v) is 5.68. The summed E-state index contributed by atoms with van der Waals surface area (Å²) < 4.78 is 24.5. The molecule has 1 aromatic rings. The maximum Gasteiger partial charge on any atom is 0.261 e. The van der Waals surface area contributed by atoms with Gasteiger partial charge in [-0.2, -0.15) is 0 Å². The van der Waals surface area contributed by atoms with Crippen molar-refractivity contribution in [1.82, 2.24) is 10.0 Å². The molecule has 0 radical (unpaired) electrons. The number of carbonyl (C=O) groups excluding carboxylic acids is 1. The predicted octanol–water partition coefficient (Wildman–Crippen LogP) is 2.29. The fourth-order valence-corrected chi connectivity index (χ4v) is 4.06. The highest BCUT2D eigenvalue weighted by molar-refractivity contribution is 7.88. The predicted molar refractivity (Wildman–Crippen MR) is 89.8 cm³/mol. The summed E-state index contributed by atoms with van der Waals surface area (Å²) >= 11 is 1.44. The highest BCUT2D eigenvalue weighted by atomic mass is 32.2. The zero-order valence-corrected chi connectivity index (χ0v) is 14.6. The van der Waals surface area contributed by atoms with Crippen LogP contribution >= 0.6 is 11.3 Å². The SMILES string of the molecule is CS(=O)(=O)NCCc1ccc(C(=O)NC2CCCCCC2)s1. The highest BCUT2D eigenvalue weighted by Crippen LogP contribution is 2.20. The number of sulfonamides is 1. The van der Waals surface area contributed by atoms with E-state index in [1.54, 1.807) is 0 Å². The highest BCUT2D eigenvalue weighted by Gasteiger charge is 2.17. The zero-order chi connectivity index (χ0) is 16.0. The Morgan fingerprint density at radius 2 is 1.91 bits per heavy atom. The third-order valence-electron chi connectivity index (χ3n) is 3.81. The Kier molecular flexibility index (Phi) is 6.40. The quantitative estimate of drug-likeness (QED) is 0.778. The molecule has 1 aliphatic carbocycles. The molecule has 7 heteroatoms. The monoisotopic (exact) mass is 344 g/mol. The van der Waals surface area contributed by atoms with Crippen molar-refractivity contribution in [2.75, 3.05) is 12.8 Å². The summed E-state index contributed by atoms with van der Waals surface area (Å²) in [5.41, 5.74) is 0. The Morgan fingerprint density at radius 3 is 2.55 bits per heavy atom. The summed E-state index contributed by atoms with van der Waals surface area (Å²) in [6, 6.07) is 4.02. The second-order valence-electron chi connectivity index (χ2n) is 5.84.